The summed E-state index contributed by atoms with van der Waals surface area (Å²) in [7, 11) is -3.71. The van der Waals surface area contributed by atoms with Crippen molar-refractivity contribution in [1.29, 1.82) is 0 Å². The zero-order chi connectivity index (χ0) is 26.5. The van der Waals surface area contributed by atoms with E-state index >= 15 is 0 Å². The third kappa shape index (κ3) is 7.44. The van der Waals surface area contributed by atoms with Crippen LogP contribution in [0.2, 0.25) is 0 Å². The number of sulfone groups is 1. The molecular weight excluding hydrogens is 495 g/mol. The van der Waals surface area contributed by atoms with Crippen LogP contribution in [0, 0.1) is 23.4 Å². The van der Waals surface area contributed by atoms with Crippen molar-refractivity contribution in [1.82, 2.24) is 9.80 Å². The number of amides is 2. The average Bonchev–Trinajstić information content (AvgIpc) is 2.85. The van der Waals surface area contributed by atoms with Gasteiger partial charge in [-0.1, -0.05) is 6.92 Å². The fraction of sp³-hybridized carbons (Fsp3) is 0.680. The lowest BCUT2D eigenvalue weighted by Crippen LogP contribution is -2.50. The van der Waals surface area contributed by atoms with E-state index in [4.69, 9.17) is 5.73 Å². The molecule has 1 aromatic carbocycles. The quantitative estimate of drug-likeness (QED) is 0.494. The molecule has 2 heterocycles. The molecule has 0 aliphatic carbocycles. The van der Waals surface area contributed by atoms with Crippen molar-refractivity contribution in [3.63, 3.8) is 0 Å². The molecule has 0 aromatic heterocycles. The number of nitrogens with two attached hydrogens (primary N) is 1. The highest BCUT2D eigenvalue weighted by atomic mass is 32.2. The van der Waals surface area contributed by atoms with Gasteiger partial charge in [-0.25, -0.2) is 21.6 Å². The van der Waals surface area contributed by atoms with Gasteiger partial charge in [-0.2, -0.15) is 0 Å². The number of piperidine rings is 2. The summed E-state index contributed by atoms with van der Waals surface area (Å²) in [6.45, 7) is 3.45. The van der Waals surface area contributed by atoms with E-state index in [1.165, 1.54) is 0 Å². The molecule has 3 rings (SSSR count). The third-order valence-electron chi connectivity index (χ3n) is 7.38. The summed E-state index contributed by atoms with van der Waals surface area (Å²) in [5, 5.41) is 0. The normalized spacial score (nSPS) is 21.9. The van der Waals surface area contributed by atoms with E-state index in [2.05, 4.69) is 0 Å². The van der Waals surface area contributed by atoms with Gasteiger partial charge in [0.2, 0.25) is 11.8 Å². The van der Waals surface area contributed by atoms with Crippen molar-refractivity contribution < 1.29 is 31.2 Å². The summed E-state index contributed by atoms with van der Waals surface area (Å²) >= 11 is 0. The van der Waals surface area contributed by atoms with Gasteiger partial charge in [0.15, 0.2) is 21.5 Å². The predicted molar refractivity (Wildman–Crippen MR) is 130 cm³/mol. The lowest BCUT2D eigenvalue weighted by atomic mass is 9.82. The van der Waals surface area contributed by atoms with E-state index in [0.717, 1.165) is 25.3 Å². The Kier molecular flexibility index (Phi) is 9.79. The molecule has 0 radical (unpaired) electrons. The summed E-state index contributed by atoms with van der Waals surface area (Å²) in [4.78, 5) is 28.5. The second kappa shape index (κ2) is 12.4. The molecule has 2 aliphatic heterocycles. The number of rotatable bonds is 9. The van der Waals surface area contributed by atoms with Gasteiger partial charge < -0.3 is 15.5 Å². The van der Waals surface area contributed by atoms with Crippen LogP contribution in [0.3, 0.4) is 0 Å². The lowest BCUT2D eigenvalue weighted by molar-refractivity contribution is -0.135. The Morgan fingerprint density at radius 3 is 2.36 bits per heavy atom. The van der Waals surface area contributed by atoms with Crippen molar-refractivity contribution in [3.8, 4) is 0 Å². The molecule has 1 aromatic rings. The van der Waals surface area contributed by atoms with E-state index < -0.39 is 45.0 Å². The number of hydrogen-bond acceptors (Lipinski definition) is 5. The summed E-state index contributed by atoms with van der Waals surface area (Å²) in [5.74, 6) is -4.92. The van der Waals surface area contributed by atoms with Crippen LogP contribution < -0.4 is 5.73 Å². The molecule has 0 spiro atoms. The molecule has 11 heteroatoms. The molecule has 7 nitrogen and oxygen atoms in total. The van der Waals surface area contributed by atoms with Crippen molar-refractivity contribution in [3.05, 3.63) is 35.1 Å². The van der Waals surface area contributed by atoms with Gasteiger partial charge >= 0.3 is 0 Å². The third-order valence-corrected chi connectivity index (χ3v) is 8.89. The Balaban J connectivity index is 1.52. The lowest BCUT2D eigenvalue weighted by Gasteiger charge is -2.41. The summed E-state index contributed by atoms with van der Waals surface area (Å²) in [5.41, 5.74) is 6.31. The van der Waals surface area contributed by atoms with Gasteiger partial charge in [-0.05, 0) is 62.5 Å². The smallest absolute Gasteiger partial charge is 0.237 e. The van der Waals surface area contributed by atoms with Crippen LogP contribution in [0.1, 0.15) is 57.4 Å². The zero-order valence-electron chi connectivity index (χ0n) is 20.7. The number of hydrogen-bond donors (Lipinski definition) is 1. The topological polar surface area (TPSA) is 101 Å². The van der Waals surface area contributed by atoms with Gasteiger partial charge in [-0.3, -0.25) is 9.59 Å². The minimum absolute atomic E-state index is 0.0114. The van der Waals surface area contributed by atoms with Gasteiger partial charge in [0.25, 0.3) is 0 Å². The Morgan fingerprint density at radius 2 is 1.69 bits per heavy atom. The highest BCUT2D eigenvalue weighted by Crippen LogP contribution is 2.29. The minimum atomic E-state index is -3.71. The molecule has 2 aliphatic rings. The Hall–Kier alpha value is -2.14. The zero-order valence-corrected chi connectivity index (χ0v) is 21.5. The first-order chi connectivity index (χ1) is 17.0. The molecule has 2 N–H and O–H groups in total. The fourth-order valence-corrected chi connectivity index (χ4v) is 6.40. The van der Waals surface area contributed by atoms with Crippen LogP contribution in [0.4, 0.5) is 13.2 Å². The second-order valence-electron chi connectivity index (χ2n) is 9.94. The first-order valence-corrected chi connectivity index (χ1v) is 14.5. The molecule has 2 fully saturated rings. The number of halogens is 3. The van der Waals surface area contributed by atoms with Crippen LogP contribution in [0.25, 0.3) is 0 Å². The predicted octanol–water partition coefficient (Wildman–Crippen LogP) is 2.81. The van der Waals surface area contributed by atoms with Crippen LogP contribution >= 0.6 is 0 Å². The summed E-state index contributed by atoms with van der Waals surface area (Å²) < 4.78 is 65.8. The molecule has 2 saturated heterocycles. The van der Waals surface area contributed by atoms with Gasteiger partial charge in [-0.15, -0.1) is 0 Å². The van der Waals surface area contributed by atoms with Gasteiger partial charge in [0.05, 0.1) is 5.75 Å². The monoisotopic (exact) mass is 531 g/mol. The van der Waals surface area contributed by atoms with E-state index in [1.807, 2.05) is 6.92 Å². The largest absolute Gasteiger partial charge is 0.342 e. The van der Waals surface area contributed by atoms with Crippen LogP contribution in [-0.4, -0.2) is 73.3 Å². The Labute approximate surface area is 211 Å². The first-order valence-electron chi connectivity index (χ1n) is 12.7. The number of likely N-dealkylation sites (tertiary alicyclic amines) is 2. The number of benzene rings is 1. The maximum Gasteiger partial charge on any atom is 0.237 e. The maximum absolute atomic E-state index is 14.0. The van der Waals surface area contributed by atoms with E-state index in [1.54, 1.807) is 9.80 Å². The molecule has 202 valence electrons. The molecule has 3 atom stereocenters. The number of carbonyl (C=O) groups excluding carboxylic acids is 2. The first kappa shape index (κ1) is 28.4. The molecule has 0 bridgehead atoms. The highest BCUT2D eigenvalue weighted by molar-refractivity contribution is 7.92. The van der Waals surface area contributed by atoms with Crippen LogP contribution in [-0.2, 0) is 25.8 Å². The Morgan fingerprint density at radius 1 is 1.03 bits per heavy atom. The van der Waals surface area contributed by atoms with Crippen molar-refractivity contribution in [2.75, 3.05) is 31.1 Å². The molecular formula is C25H36F3N3O4S. The highest BCUT2D eigenvalue weighted by Gasteiger charge is 2.34. The number of carbonyl (C=O) groups is 2. The SMILES string of the molecule is CC[C@@H]1C[C@@H](C(N)Cc2cc(F)c(F)cc2F)CCN1C(=O)CCS(=O)(=O)CC(=O)N1CCCCC1. The second-order valence-corrected chi connectivity index (χ2v) is 12.1. The minimum Gasteiger partial charge on any atom is -0.342 e. The number of nitrogens with zero attached hydrogens (tertiary/aromatic N) is 2. The average molecular weight is 532 g/mol. The van der Waals surface area contributed by atoms with Crippen molar-refractivity contribution in [2.24, 2.45) is 11.7 Å². The molecule has 1 unspecified atom stereocenters. The van der Waals surface area contributed by atoms with Gasteiger partial charge in [0, 0.05) is 44.2 Å². The Bertz CT molecular complexity index is 1050. The van der Waals surface area contributed by atoms with Crippen molar-refractivity contribution in [2.45, 2.75) is 70.4 Å². The van der Waals surface area contributed by atoms with Crippen LogP contribution in [0.5, 0.6) is 0 Å². The fourth-order valence-electron chi connectivity index (χ4n) is 5.21. The molecule has 36 heavy (non-hydrogen) atoms. The standard InChI is InChI=1S/C25H36F3N3O4S/c1-2-19-12-17(23(29)14-18-13-21(27)22(28)15-20(18)26)6-10-31(19)24(32)7-11-36(34,35)16-25(33)30-8-4-3-5-9-30/h13,15,17,19,23H,2-12,14,16,29H2,1H3/t17-,19+,23?/m0/s1. The molecule has 0 saturated carbocycles. The van der Waals surface area contributed by atoms with E-state index in [0.29, 0.717) is 45.0 Å². The van der Waals surface area contributed by atoms with Crippen molar-refractivity contribution >= 4 is 21.7 Å². The van der Waals surface area contributed by atoms with Gasteiger partial charge in [0.1, 0.15) is 11.6 Å². The van der Waals surface area contributed by atoms with E-state index in [9.17, 15) is 31.2 Å². The van der Waals surface area contributed by atoms with E-state index in [-0.39, 0.29) is 42.0 Å². The molecule has 2 amide bonds. The maximum atomic E-state index is 14.0. The summed E-state index contributed by atoms with van der Waals surface area (Å²) in [6.07, 6.45) is 4.35. The van der Waals surface area contributed by atoms with Crippen LogP contribution in [0.15, 0.2) is 12.1 Å². The summed E-state index contributed by atoms with van der Waals surface area (Å²) in [6, 6.07) is 0.685.